The molecule has 1 aliphatic rings. The first kappa shape index (κ1) is 31.1. The number of rotatable bonds is 9. The largest absolute Gasteiger partial charge is 0.434 e. The zero-order valence-electron chi connectivity index (χ0n) is 22.1. The lowest BCUT2D eigenvalue weighted by molar-refractivity contribution is -0.243. The Balaban J connectivity index is 1.97. The topological polar surface area (TPSA) is 96.6 Å². The quantitative estimate of drug-likeness (QED) is 0.310. The monoisotopic (exact) mass is 581 g/mol. The van der Waals surface area contributed by atoms with Gasteiger partial charge in [-0.25, -0.2) is 0 Å². The number of aliphatic hydroxyl groups excluding tert-OH is 1. The second-order valence-corrected chi connectivity index (χ2v) is 11.1. The molecule has 1 heterocycles. The molecule has 2 aromatic rings. The maximum Gasteiger partial charge on any atom is 0.396 e. The Hall–Kier alpha value is -2.44. The van der Waals surface area contributed by atoms with Crippen molar-refractivity contribution < 1.29 is 41.7 Å². The summed E-state index contributed by atoms with van der Waals surface area (Å²) in [5.41, 5.74) is -4.21. The van der Waals surface area contributed by atoms with Gasteiger partial charge in [-0.3, -0.25) is 9.48 Å². The second-order valence-electron chi connectivity index (χ2n) is 10.7. The minimum atomic E-state index is -4.79. The van der Waals surface area contributed by atoms with Crippen LogP contribution in [0.1, 0.15) is 75.5 Å². The first-order valence-electron chi connectivity index (χ1n) is 12.6. The molecular formula is C26H33ClF5N3O4. The number of nitrogens with one attached hydrogen (secondary N) is 1. The minimum Gasteiger partial charge on any atom is -0.434 e. The van der Waals surface area contributed by atoms with Crippen molar-refractivity contribution in [1.82, 2.24) is 15.1 Å². The summed E-state index contributed by atoms with van der Waals surface area (Å²) in [6.07, 6.45) is -4.19. The number of amides is 1. The van der Waals surface area contributed by atoms with Crippen molar-refractivity contribution in [2.24, 2.45) is 11.3 Å². The van der Waals surface area contributed by atoms with E-state index in [2.05, 4.69) is 22.1 Å². The zero-order valence-corrected chi connectivity index (χ0v) is 22.8. The average molecular weight is 582 g/mol. The summed E-state index contributed by atoms with van der Waals surface area (Å²) in [6.45, 7) is 2.12. The number of halogens is 6. The summed E-state index contributed by atoms with van der Waals surface area (Å²) in [6, 6.07) is 3.22. The van der Waals surface area contributed by atoms with Crippen LogP contribution in [0, 0.1) is 11.3 Å². The van der Waals surface area contributed by atoms with Crippen molar-refractivity contribution in [2.45, 2.75) is 84.4 Å². The highest BCUT2D eigenvalue weighted by molar-refractivity contribution is 6.36. The molecule has 39 heavy (non-hydrogen) atoms. The van der Waals surface area contributed by atoms with Gasteiger partial charge >= 0.3 is 12.8 Å². The molecule has 0 radical (unpaired) electrons. The Morgan fingerprint density at radius 3 is 2.44 bits per heavy atom. The summed E-state index contributed by atoms with van der Waals surface area (Å²) < 4.78 is 73.0. The summed E-state index contributed by atoms with van der Waals surface area (Å²) in [4.78, 5) is 13.0. The Labute approximate surface area is 228 Å². The molecule has 0 saturated heterocycles. The third kappa shape index (κ3) is 6.66. The van der Waals surface area contributed by atoms with E-state index in [1.165, 1.54) is 10.7 Å². The minimum absolute atomic E-state index is 0.0233. The summed E-state index contributed by atoms with van der Waals surface area (Å²) in [5, 5.41) is 27.9. The van der Waals surface area contributed by atoms with Gasteiger partial charge in [0.25, 0.3) is 5.91 Å². The molecule has 3 N–H and O–H groups in total. The molecule has 1 saturated carbocycles. The molecule has 0 spiro atoms. The number of hydrogen-bond donors (Lipinski definition) is 3. The number of aliphatic hydroxyl groups is 2. The van der Waals surface area contributed by atoms with Crippen molar-refractivity contribution in [3.05, 3.63) is 34.5 Å². The van der Waals surface area contributed by atoms with Gasteiger partial charge in [0, 0.05) is 18.7 Å². The fraction of sp³-hybridized carbons (Fsp3) is 0.615. The lowest BCUT2D eigenvalue weighted by Crippen LogP contribution is -2.45. The Kier molecular flexibility index (Phi) is 9.23. The predicted octanol–water partition coefficient (Wildman–Crippen LogP) is 6.12. The number of benzene rings is 1. The zero-order chi connectivity index (χ0) is 29.3. The van der Waals surface area contributed by atoms with Crippen LogP contribution in [-0.2, 0) is 6.54 Å². The summed E-state index contributed by atoms with van der Waals surface area (Å²) in [5.74, 6) is -0.751. The van der Waals surface area contributed by atoms with Gasteiger partial charge in [0.1, 0.15) is 5.75 Å². The maximum atomic E-state index is 13.5. The standard InChI is InChI=1S/C26H33ClF5N3O4/c1-5-35-20(18(27)19(34-35)22(37)33-13-25(38)10-8-14(2)9-11-25)16-7-6-15(12-17(16)39-23(28)29)21(36)24(3,4)26(30,31)32/h6-7,12,14,21,23,36,38H,5,8-11,13H2,1-4H3,(H,33,37)/t14?,21-,25?/m1/s1. The molecule has 0 bridgehead atoms. The molecule has 1 fully saturated rings. The number of hydrogen-bond acceptors (Lipinski definition) is 5. The highest BCUT2D eigenvalue weighted by Gasteiger charge is 2.52. The second kappa shape index (κ2) is 11.6. The van der Waals surface area contributed by atoms with Crippen LogP contribution in [-0.4, -0.2) is 50.8 Å². The van der Waals surface area contributed by atoms with E-state index in [-0.39, 0.29) is 40.6 Å². The van der Waals surface area contributed by atoms with E-state index in [0.29, 0.717) is 18.8 Å². The van der Waals surface area contributed by atoms with Gasteiger partial charge in [0.05, 0.1) is 27.8 Å². The highest BCUT2D eigenvalue weighted by Crippen LogP contribution is 2.48. The molecule has 1 aliphatic carbocycles. The number of nitrogens with zero attached hydrogens (tertiary/aromatic N) is 2. The number of aromatic nitrogens is 2. The first-order chi connectivity index (χ1) is 18.0. The molecule has 1 amide bonds. The van der Waals surface area contributed by atoms with Gasteiger partial charge in [0.15, 0.2) is 5.69 Å². The van der Waals surface area contributed by atoms with Crippen LogP contribution in [0.4, 0.5) is 22.0 Å². The van der Waals surface area contributed by atoms with Gasteiger partial charge in [0.2, 0.25) is 0 Å². The molecule has 0 unspecified atom stereocenters. The molecule has 7 nitrogen and oxygen atoms in total. The lowest BCUT2D eigenvalue weighted by atomic mass is 9.79. The molecule has 13 heteroatoms. The van der Waals surface area contributed by atoms with Crippen molar-refractivity contribution >= 4 is 17.5 Å². The molecule has 218 valence electrons. The van der Waals surface area contributed by atoms with Gasteiger partial charge in [-0.2, -0.15) is 27.1 Å². The van der Waals surface area contributed by atoms with Gasteiger partial charge in [-0.15, -0.1) is 0 Å². The van der Waals surface area contributed by atoms with Crippen LogP contribution in [0.5, 0.6) is 5.75 Å². The number of carbonyl (C=O) groups excluding carboxylic acids is 1. The average Bonchev–Trinajstić information content (AvgIpc) is 3.19. The molecule has 3 rings (SSSR count). The van der Waals surface area contributed by atoms with Crippen molar-refractivity contribution in [3.63, 3.8) is 0 Å². The molecular weight excluding hydrogens is 549 g/mol. The van der Waals surface area contributed by atoms with Crippen LogP contribution in [0.3, 0.4) is 0 Å². The number of alkyl halides is 5. The van der Waals surface area contributed by atoms with Crippen molar-refractivity contribution in [1.29, 1.82) is 0 Å². The van der Waals surface area contributed by atoms with E-state index in [4.69, 9.17) is 11.6 Å². The molecule has 0 aliphatic heterocycles. The van der Waals surface area contributed by atoms with E-state index in [0.717, 1.165) is 38.8 Å². The maximum absolute atomic E-state index is 13.5. The highest BCUT2D eigenvalue weighted by atomic mass is 35.5. The normalized spacial score (nSPS) is 21.2. The number of carbonyl (C=O) groups is 1. The van der Waals surface area contributed by atoms with E-state index < -0.39 is 41.6 Å². The van der Waals surface area contributed by atoms with Gasteiger partial charge < -0.3 is 20.3 Å². The fourth-order valence-electron chi connectivity index (χ4n) is 4.55. The SMILES string of the molecule is CCn1nc(C(=O)NCC2(O)CCC(C)CC2)c(Cl)c1-c1ccc([C@@H](O)C(C)(C)C(F)(F)F)cc1OC(F)F. The molecule has 1 aromatic carbocycles. The molecule has 1 aromatic heterocycles. The Morgan fingerprint density at radius 2 is 1.90 bits per heavy atom. The summed E-state index contributed by atoms with van der Waals surface area (Å²) >= 11 is 6.51. The van der Waals surface area contributed by atoms with Crippen LogP contribution in [0.25, 0.3) is 11.3 Å². The smallest absolute Gasteiger partial charge is 0.396 e. The van der Waals surface area contributed by atoms with Crippen LogP contribution in [0.15, 0.2) is 18.2 Å². The first-order valence-corrected chi connectivity index (χ1v) is 13.0. The Morgan fingerprint density at radius 1 is 1.28 bits per heavy atom. The van der Waals surface area contributed by atoms with E-state index >= 15 is 0 Å². The van der Waals surface area contributed by atoms with Crippen LogP contribution in [0.2, 0.25) is 5.02 Å². The van der Waals surface area contributed by atoms with E-state index in [9.17, 15) is 37.0 Å². The fourth-order valence-corrected chi connectivity index (χ4v) is 4.87. The summed E-state index contributed by atoms with van der Waals surface area (Å²) in [7, 11) is 0. The third-order valence-electron chi connectivity index (χ3n) is 7.40. The van der Waals surface area contributed by atoms with Crippen molar-refractivity contribution in [3.8, 4) is 17.0 Å². The number of ether oxygens (including phenoxy) is 1. The third-order valence-corrected chi connectivity index (χ3v) is 7.76. The molecule has 1 atom stereocenters. The van der Waals surface area contributed by atoms with Crippen LogP contribution >= 0.6 is 11.6 Å². The lowest BCUT2D eigenvalue weighted by Gasteiger charge is -2.34. The van der Waals surface area contributed by atoms with E-state index in [1.54, 1.807) is 6.92 Å². The Bertz CT molecular complexity index is 1180. The van der Waals surface area contributed by atoms with E-state index in [1.807, 2.05) is 0 Å². The van der Waals surface area contributed by atoms with Gasteiger partial charge in [-0.1, -0.05) is 24.6 Å². The van der Waals surface area contributed by atoms with Crippen LogP contribution < -0.4 is 10.1 Å². The van der Waals surface area contributed by atoms with Crippen molar-refractivity contribution in [2.75, 3.05) is 6.54 Å². The number of aryl methyl sites for hydroxylation is 1. The predicted molar refractivity (Wildman–Crippen MR) is 135 cm³/mol. The van der Waals surface area contributed by atoms with Gasteiger partial charge in [-0.05, 0) is 70.1 Å².